The summed E-state index contributed by atoms with van der Waals surface area (Å²) in [7, 11) is 0. The van der Waals surface area contributed by atoms with Gasteiger partial charge in [0.2, 0.25) is 82.7 Å². The highest BCUT2D eigenvalue weighted by atomic mass is 16.3. The number of primary amides is 2. The molecule has 2 aromatic heterocycles. The molecule has 33 heteroatoms. The van der Waals surface area contributed by atoms with Gasteiger partial charge in [-0.25, -0.2) is 4.98 Å². The molecule has 2 aromatic carbocycles. The van der Waals surface area contributed by atoms with E-state index in [4.69, 9.17) is 11.5 Å². The lowest BCUT2D eigenvalue weighted by Gasteiger charge is -2.34. The number of phenolic OH excluding ortho intramolecular Hbond substituents is 2. The van der Waals surface area contributed by atoms with Crippen LogP contribution < -0.4 is 70.0 Å². The zero-order valence-corrected chi connectivity index (χ0v) is 64.3. The monoisotopic (exact) mass is 1540 g/mol. The van der Waals surface area contributed by atoms with Gasteiger partial charge in [0.15, 0.2) is 0 Å². The molecule has 33 nitrogen and oxygen atoms in total. The Morgan fingerprint density at radius 3 is 2.05 bits per heavy atom. The summed E-state index contributed by atoms with van der Waals surface area (Å²) in [5, 5.41) is 62.3. The Morgan fingerprint density at radius 1 is 0.721 bits per heavy atom. The number of rotatable bonds is 17. The molecule has 2 unspecified atom stereocenters. The van der Waals surface area contributed by atoms with Crippen LogP contribution in [0.3, 0.4) is 0 Å². The van der Waals surface area contributed by atoms with Gasteiger partial charge in [0, 0.05) is 75.3 Å². The third-order valence-electron chi connectivity index (χ3n) is 20.5. The number of aromatic amines is 1. The van der Waals surface area contributed by atoms with E-state index < -0.39 is 166 Å². The van der Waals surface area contributed by atoms with Gasteiger partial charge in [0.1, 0.15) is 83.1 Å². The Bertz CT molecular complexity index is 4010. The Hall–Kier alpha value is -11.0. The van der Waals surface area contributed by atoms with Crippen molar-refractivity contribution in [1.29, 1.82) is 0 Å². The lowest BCUT2D eigenvalue weighted by Crippen LogP contribution is -2.63. The number of carbonyl (C=O) groups excluding carboxylic acids is 14. The predicted octanol–water partition coefficient (Wildman–Crippen LogP) is 0.692. The van der Waals surface area contributed by atoms with E-state index in [-0.39, 0.29) is 101 Å². The first kappa shape index (κ1) is 87.2. The highest BCUT2D eigenvalue weighted by Gasteiger charge is 2.56. The molecule has 0 aliphatic carbocycles. The van der Waals surface area contributed by atoms with Gasteiger partial charge in [-0.05, 0) is 149 Å². The number of fused-ring (bicyclic) bond motifs is 3. The highest BCUT2D eigenvalue weighted by Crippen LogP contribution is 2.33. The van der Waals surface area contributed by atoms with E-state index in [1.54, 1.807) is 58.2 Å². The number of nitrogens with two attached hydrogens (primary N) is 2. The topological polar surface area (TPSA) is 516 Å². The van der Waals surface area contributed by atoms with E-state index in [9.17, 15) is 63.3 Å². The Morgan fingerprint density at radius 2 is 1.41 bits per heavy atom. The fourth-order valence-corrected chi connectivity index (χ4v) is 14.0. The van der Waals surface area contributed by atoms with Gasteiger partial charge in [0.25, 0.3) is 0 Å². The molecule has 2 saturated heterocycles. The van der Waals surface area contributed by atoms with Crippen LogP contribution in [0, 0.1) is 17.3 Å². The highest BCUT2D eigenvalue weighted by molar-refractivity contribution is 6.03. The van der Waals surface area contributed by atoms with E-state index in [1.807, 2.05) is 6.92 Å². The van der Waals surface area contributed by atoms with Gasteiger partial charge < -0.3 is 95.2 Å². The number of unbranched alkanes of at least 4 members (excludes halogenated alkanes) is 1. The first-order chi connectivity index (χ1) is 52.6. The first-order valence-electron chi connectivity index (χ1n) is 38.1. The molecule has 604 valence electrons. The zero-order valence-electron chi connectivity index (χ0n) is 64.3. The molecular formula is C78H110N16O17. The second-order valence-corrected chi connectivity index (χ2v) is 30.4. The molecule has 3 aliphatic heterocycles. The van der Waals surface area contributed by atoms with Crippen LogP contribution in [0.5, 0.6) is 11.5 Å². The summed E-state index contributed by atoms with van der Waals surface area (Å²) in [6.07, 6.45) is 7.65. The molecule has 2 fully saturated rings. The summed E-state index contributed by atoms with van der Waals surface area (Å²) in [6, 6.07) is 0.962. The van der Waals surface area contributed by atoms with Crippen LogP contribution in [-0.2, 0) is 86.4 Å². The number of aromatic nitrogens is 2. The van der Waals surface area contributed by atoms with Gasteiger partial charge in [0.05, 0.1) is 6.10 Å². The third kappa shape index (κ3) is 25.0. The molecule has 111 heavy (non-hydrogen) atoms. The van der Waals surface area contributed by atoms with Crippen molar-refractivity contribution < 1.29 is 82.4 Å². The van der Waals surface area contributed by atoms with Crippen LogP contribution in [0.2, 0.25) is 0 Å². The Balaban J connectivity index is 1.25. The summed E-state index contributed by atoms with van der Waals surface area (Å²) < 4.78 is 0. The van der Waals surface area contributed by atoms with Crippen molar-refractivity contribution >= 4 is 93.7 Å². The average Bonchev–Trinajstić information content (AvgIpc) is 1.62. The SMILES string of the molecule is CCCC[C@H](NC(=O)[C@H](Cc1ccc(O)cc1)NC(=O)[C@H]1NC(=O)C2(C)NC(=O)[C@H](Cc3c[nH]c4ncccc34)NC(=O)[C@H]([C@@H](C)O)NC(=O)[C@@H]3CCCN3C(=O)[C@H](Cc3ccc(O)cc3)NC(=O)[C@H](C(C)(C)C)NC(=O)[C@@H](NC(C)=O)CCCC(=O)NCCCC[C@@H](C(N)=O)NC(=O)[C@H](C)CCC/C=C/CC12)C(N)=O. The van der Waals surface area contributed by atoms with Crippen molar-refractivity contribution in [2.24, 2.45) is 28.7 Å². The van der Waals surface area contributed by atoms with Gasteiger partial charge >= 0.3 is 0 Å². The van der Waals surface area contributed by atoms with Gasteiger partial charge in [-0.2, -0.15) is 0 Å². The lowest BCUT2D eigenvalue weighted by molar-refractivity contribution is -0.143. The van der Waals surface area contributed by atoms with Crippen molar-refractivity contribution in [2.45, 2.75) is 243 Å². The van der Waals surface area contributed by atoms with Gasteiger partial charge in [-0.3, -0.25) is 67.1 Å². The van der Waals surface area contributed by atoms with Crippen LogP contribution in [0.1, 0.15) is 168 Å². The van der Waals surface area contributed by atoms with E-state index in [1.165, 1.54) is 80.4 Å². The predicted molar refractivity (Wildman–Crippen MR) is 408 cm³/mol. The summed E-state index contributed by atoms with van der Waals surface area (Å²) >= 11 is 0. The van der Waals surface area contributed by atoms with Crippen molar-refractivity contribution in [3.63, 3.8) is 0 Å². The average molecular weight is 1540 g/mol. The second kappa shape index (κ2) is 40.6. The van der Waals surface area contributed by atoms with Crippen LogP contribution in [0.25, 0.3) is 11.0 Å². The van der Waals surface area contributed by atoms with E-state index in [0.717, 1.165) is 0 Å². The molecule has 4 aromatic rings. The van der Waals surface area contributed by atoms with Crippen LogP contribution in [-0.4, -0.2) is 198 Å². The second-order valence-electron chi connectivity index (χ2n) is 30.4. The largest absolute Gasteiger partial charge is 0.508 e. The molecule has 5 heterocycles. The number of aromatic hydroxyl groups is 2. The fraction of sp³-hybridized carbons (Fsp3) is 0.551. The number of nitrogens with one attached hydrogen (secondary N) is 12. The standard InChI is InChI=1S/C78H110N16O17/c1-9-10-23-53(64(79)100)86-69(104)56(39-46-28-32-49(97)33-29-46)87-73(108)62-52-22-14-12-11-13-20-43(2)67(102)85-54(65(80)101)24-15-16-36-81-60(99)27-17-25-55(84-45(4)96)68(103)92-63(77(5,6)7)74(109)89-58(40-47-30-34-50(98)35-31-47)75(110)94-38-19-26-59(94)71(106)90-61(44(3)95)72(107)88-57(70(105)93-78(52,8)76(111)91-62)41-48-42-83-66-51(48)21-18-37-82-66/h12,14,18,21,28-35,37,42-44,52-59,61-63,95,97-98H,9-11,13,15-17,19-20,22-27,36,38-41H2,1-8H3,(H2,79,100)(H2,80,101)(H,81,99)(H,82,83)(H,84,96)(H,85,102)(H,86,104)(H,87,108)(H,88,107)(H,89,109)(H,90,106)(H,91,111)(H,92,103)(H,93,105)/b14-12+/t43-,44-,52?,53+,54+,55+,56+,57+,58+,59+,61+,62+,63-,78?/m1/s1. The number of hydrogen-bond acceptors (Lipinski definition) is 18. The maximum absolute atomic E-state index is 15.5. The molecule has 0 saturated carbocycles. The number of aliphatic hydroxyl groups is 1. The number of benzene rings is 2. The number of phenols is 2. The molecule has 14 amide bonds. The quantitative estimate of drug-likeness (QED) is 0.0647. The number of allylic oxidation sites excluding steroid dienone is 2. The first-order valence-corrected chi connectivity index (χ1v) is 38.1. The molecule has 7 rings (SSSR count). The van der Waals surface area contributed by atoms with E-state index in [0.29, 0.717) is 72.7 Å². The van der Waals surface area contributed by atoms with Crippen LogP contribution in [0.15, 0.2) is 85.2 Å². The van der Waals surface area contributed by atoms with Gasteiger partial charge in [-0.15, -0.1) is 0 Å². The number of H-pyrrole nitrogens is 1. The van der Waals surface area contributed by atoms with Crippen molar-refractivity contribution in [3.05, 3.63) is 102 Å². The van der Waals surface area contributed by atoms with Gasteiger partial charge in [-0.1, -0.05) is 83.9 Å². The minimum absolute atomic E-state index is 0.0314. The number of pyridine rings is 1. The van der Waals surface area contributed by atoms with Crippen molar-refractivity contribution in [3.8, 4) is 11.5 Å². The smallest absolute Gasteiger partial charge is 0.246 e. The molecule has 3 aliphatic rings. The molecule has 0 bridgehead atoms. The summed E-state index contributed by atoms with van der Waals surface area (Å²) in [5.74, 6) is -12.9. The third-order valence-corrected chi connectivity index (χ3v) is 20.5. The number of carbonyl (C=O) groups is 14. The summed E-state index contributed by atoms with van der Waals surface area (Å²) in [5.41, 5.74) is 10.2. The number of nitrogens with zero attached hydrogens (tertiary/aromatic N) is 2. The van der Waals surface area contributed by atoms with Crippen LogP contribution >= 0.6 is 0 Å². The van der Waals surface area contributed by atoms with E-state index >= 15 is 19.2 Å². The molecule has 19 N–H and O–H groups in total. The van der Waals surface area contributed by atoms with Crippen molar-refractivity contribution in [2.75, 3.05) is 13.1 Å². The molecule has 0 radical (unpaired) electrons. The molecule has 0 spiro atoms. The maximum Gasteiger partial charge on any atom is 0.246 e. The van der Waals surface area contributed by atoms with Crippen LogP contribution in [0.4, 0.5) is 0 Å². The Labute approximate surface area is 645 Å². The number of amides is 14. The number of hydrogen-bond donors (Lipinski definition) is 17. The minimum Gasteiger partial charge on any atom is -0.508 e. The zero-order chi connectivity index (χ0) is 81.4. The van der Waals surface area contributed by atoms with Crippen molar-refractivity contribution in [1.82, 2.24) is 73.4 Å². The lowest BCUT2D eigenvalue weighted by atomic mass is 9.80. The fourth-order valence-electron chi connectivity index (χ4n) is 14.0. The maximum atomic E-state index is 15.5. The summed E-state index contributed by atoms with van der Waals surface area (Å²) in [6.45, 7) is 12.5. The number of aliphatic hydroxyl groups excluding tert-OH is 1. The minimum atomic E-state index is -2.04. The van der Waals surface area contributed by atoms with E-state index in [2.05, 4.69) is 68.5 Å². The Kier molecular flexibility index (Phi) is 31.9. The molecule has 14 atom stereocenters. The molecular weight excluding hydrogens is 1430 g/mol. The summed E-state index contributed by atoms with van der Waals surface area (Å²) in [4.78, 5) is 207. The normalized spacial score (nSPS) is 25.7.